The van der Waals surface area contributed by atoms with Gasteiger partial charge >= 0.3 is 0 Å². The predicted octanol–water partition coefficient (Wildman–Crippen LogP) is 3.90. The van der Waals surface area contributed by atoms with E-state index in [1.807, 2.05) is 12.3 Å². The van der Waals surface area contributed by atoms with Gasteiger partial charge in [0.15, 0.2) is 0 Å². The maximum atomic E-state index is 4.39. The van der Waals surface area contributed by atoms with Crippen molar-refractivity contribution in [1.82, 2.24) is 4.98 Å². The molecule has 0 amide bonds. The van der Waals surface area contributed by atoms with E-state index in [9.17, 15) is 0 Å². The number of aromatic nitrogens is 1. The van der Waals surface area contributed by atoms with Crippen LogP contribution in [-0.4, -0.2) is 4.98 Å². The van der Waals surface area contributed by atoms with E-state index < -0.39 is 0 Å². The molecule has 0 radical (unpaired) electrons. The SMILES string of the molecule is Cc1sc2ncccc2c1C(C)(C)C. The van der Waals surface area contributed by atoms with Gasteiger partial charge in [-0.15, -0.1) is 11.3 Å². The van der Waals surface area contributed by atoms with E-state index in [4.69, 9.17) is 0 Å². The molecule has 0 unspecified atom stereocenters. The predicted molar refractivity (Wildman–Crippen MR) is 63.1 cm³/mol. The number of fused-ring (bicyclic) bond motifs is 1. The summed E-state index contributed by atoms with van der Waals surface area (Å²) in [4.78, 5) is 6.95. The molecular weight excluding hydrogens is 190 g/mol. The van der Waals surface area contributed by atoms with Crippen molar-refractivity contribution in [2.24, 2.45) is 0 Å². The zero-order chi connectivity index (χ0) is 10.3. The van der Waals surface area contributed by atoms with Crippen molar-refractivity contribution in [3.63, 3.8) is 0 Å². The monoisotopic (exact) mass is 205 g/mol. The normalized spacial score (nSPS) is 12.3. The van der Waals surface area contributed by atoms with Crippen LogP contribution in [0.15, 0.2) is 18.3 Å². The fourth-order valence-corrected chi connectivity index (χ4v) is 3.18. The van der Waals surface area contributed by atoms with Gasteiger partial charge in [0, 0.05) is 16.5 Å². The van der Waals surface area contributed by atoms with Crippen molar-refractivity contribution in [2.75, 3.05) is 0 Å². The van der Waals surface area contributed by atoms with Gasteiger partial charge in [0.2, 0.25) is 0 Å². The van der Waals surface area contributed by atoms with Crippen LogP contribution in [0.1, 0.15) is 31.2 Å². The van der Waals surface area contributed by atoms with Crippen LogP contribution in [0.4, 0.5) is 0 Å². The Bertz CT molecular complexity index is 463. The first kappa shape index (κ1) is 9.66. The lowest BCUT2D eigenvalue weighted by Crippen LogP contribution is -2.11. The first-order valence-electron chi connectivity index (χ1n) is 4.85. The average molecular weight is 205 g/mol. The minimum atomic E-state index is 0.214. The number of nitrogens with zero attached hydrogens (tertiary/aromatic N) is 1. The van der Waals surface area contributed by atoms with Gasteiger partial charge in [0.25, 0.3) is 0 Å². The van der Waals surface area contributed by atoms with Crippen LogP contribution in [-0.2, 0) is 5.41 Å². The van der Waals surface area contributed by atoms with Crippen LogP contribution in [0.25, 0.3) is 10.2 Å². The first-order chi connectivity index (χ1) is 6.50. The van der Waals surface area contributed by atoms with Gasteiger partial charge in [-0.25, -0.2) is 4.98 Å². The highest BCUT2D eigenvalue weighted by molar-refractivity contribution is 7.18. The maximum absolute atomic E-state index is 4.39. The van der Waals surface area contributed by atoms with Gasteiger partial charge in [-0.3, -0.25) is 0 Å². The number of pyridine rings is 1. The van der Waals surface area contributed by atoms with E-state index in [1.165, 1.54) is 15.8 Å². The van der Waals surface area contributed by atoms with E-state index >= 15 is 0 Å². The minimum Gasteiger partial charge on any atom is -0.245 e. The Hall–Kier alpha value is -0.890. The second kappa shape index (κ2) is 3.06. The van der Waals surface area contributed by atoms with Crippen LogP contribution in [0.3, 0.4) is 0 Å². The third kappa shape index (κ3) is 1.44. The van der Waals surface area contributed by atoms with Crippen molar-refractivity contribution in [2.45, 2.75) is 33.1 Å². The smallest absolute Gasteiger partial charge is 0.123 e. The summed E-state index contributed by atoms with van der Waals surface area (Å²) in [7, 11) is 0. The number of thiophene rings is 1. The van der Waals surface area contributed by atoms with Gasteiger partial charge in [0.1, 0.15) is 4.83 Å². The molecule has 0 aromatic carbocycles. The molecule has 0 aliphatic heterocycles. The van der Waals surface area contributed by atoms with Gasteiger partial charge in [-0.1, -0.05) is 26.8 Å². The Morgan fingerprint density at radius 2 is 2.00 bits per heavy atom. The first-order valence-corrected chi connectivity index (χ1v) is 5.66. The van der Waals surface area contributed by atoms with Crippen molar-refractivity contribution < 1.29 is 0 Å². The number of rotatable bonds is 0. The lowest BCUT2D eigenvalue weighted by Gasteiger charge is -2.19. The molecule has 2 aromatic heterocycles. The van der Waals surface area contributed by atoms with Crippen molar-refractivity contribution in [1.29, 1.82) is 0 Å². The molecular formula is C12H15NS. The Labute approximate surface area is 88.8 Å². The lowest BCUT2D eigenvalue weighted by molar-refractivity contribution is 0.594. The van der Waals surface area contributed by atoms with Crippen LogP contribution in [0, 0.1) is 6.92 Å². The topological polar surface area (TPSA) is 12.9 Å². The fourth-order valence-electron chi connectivity index (χ4n) is 1.98. The zero-order valence-electron chi connectivity index (χ0n) is 9.09. The Kier molecular flexibility index (Phi) is 2.11. The molecule has 0 bridgehead atoms. The highest BCUT2D eigenvalue weighted by Crippen LogP contribution is 2.37. The molecule has 2 rings (SSSR count). The third-order valence-corrected chi connectivity index (χ3v) is 3.42. The van der Waals surface area contributed by atoms with Gasteiger partial charge in [-0.05, 0) is 24.0 Å². The fraction of sp³-hybridized carbons (Fsp3) is 0.417. The molecule has 0 aliphatic rings. The van der Waals surface area contributed by atoms with Crippen LogP contribution < -0.4 is 0 Å². The highest BCUT2D eigenvalue weighted by Gasteiger charge is 2.21. The van der Waals surface area contributed by atoms with Crippen LogP contribution in [0.2, 0.25) is 0 Å². The molecule has 0 spiro atoms. The second-order valence-corrected chi connectivity index (χ2v) is 5.84. The van der Waals surface area contributed by atoms with Crippen molar-refractivity contribution in [3.05, 3.63) is 28.8 Å². The van der Waals surface area contributed by atoms with E-state index in [1.54, 1.807) is 11.3 Å². The molecule has 1 nitrogen and oxygen atoms in total. The summed E-state index contributed by atoms with van der Waals surface area (Å²) in [5.41, 5.74) is 1.66. The molecule has 0 fully saturated rings. The molecule has 0 aliphatic carbocycles. The molecule has 0 atom stereocenters. The second-order valence-electron chi connectivity index (χ2n) is 4.64. The molecule has 0 saturated carbocycles. The van der Waals surface area contributed by atoms with Gasteiger partial charge in [0.05, 0.1) is 0 Å². The molecule has 0 N–H and O–H groups in total. The number of hydrogen-bond acceptors (Lipinski definition) is 2. The van der Waals surface area contributed by atoms with E-state index in [0.717, 1.165) is 4.83 Å². The highest BCUT2D eigenvalue weighted by atomic mass is 32.1. The molecule has 2 heteroatoms. The number of aryl methyl sites for hydroxylation is 1. The summed E-state index contributed by atoms with van der Waals surface area (Å²) in [5, 5.41) is 1.32. The molecule has 2 aromatic rings. The standard InChI is InChI=1S/C12H15NS/c1-8-10(12(2,3)4)9-6-5-7-13-11(9)14-8/h5-7H,1-4H3. The van der Waals surface area contributed by atoms with Crippen LogP contribution >= 0.6 is 11.3 Å². The summed E-state index contributed by atoms with van der Waals surface area (Å²) in [6, 6.07) is 4.19. The van der Waals surface area contributed by atoms with Crippen LogP contribution in [0.5, 0.6) is 0 Å². The maximum Gasteiger partial charge on any atom is 0.123 e. The summed E-state index contributed by atoms with van der Waals surface area (Å²) in [6.45, 7) is 8.96. The third-order valence-electron chi connectivity index (χ3n) is 2.39. The zero-order valence-corrected chi connectivity index (χ0v) is 9.90. The Morgan fingerprint density at radius 1 is 1.29 bits per heavy atom. The van der Waals surface area contributed by atoms with E-state index in [0.29, 0.717) is 0 Å². The van der Waals surface area contributed by atoms with E-state index in [2.05, 4.69) is 38.7 Å². The molecule has 14 heavy (non-hydrogen) atoms. The molecule has 2 heterocycles. The molecule has 74 valence electrons. The summed E-state index contributed by atoms with van der Waals surface area (Å²) in [5.74, 6) is 0. The largest absolute Gasteiger partial charge is 0.245 e. The van der Waals surface area contributed by atoms with Gasteiger partial charge < -0.3 is 0 Å². The molecule has 0 saturated heterocycles. The summed E-state index contributed by atoms with van der Waals surface area (Å²) in [6.07, 6.45) is 1.87. The average Bonchev–Trinajstić information content (AvgIpc) is 2.38. The quantitative estimate of drug-likeness (QED) is 0.635. The summed E-state index contributed by atoms with van der Waals surface area (Å²) >= 11 is 1.79. The minimum absolute atomic E-state index is 0.214. The van der Waals surface area contributed by atoms with E-state index in [-0.39, 0.29) is 5.41 Å². The Balaban J connectivity index is 2.81. The number of hydrogen-bond donors (Lipinski definition) is 0. The van der Waals surface area contributed by atoms with Gasteiger partial charge in [-0.2, -0.15) is 0 Å². The summed E-state index contributed by atoms with van der Waals surface area (Å²) < 4.78 is 0. The Morgan fingerprint density at radius 3 is 2.64 bits per heavy atom. The van der Waals surface area contributed by atoms with Crippen molar-refractivity contribution >= 4 is 21.6 Å². The van der Waals surface area contributed by atoms with Crippen molar-refractivity contribution in [3.8, 4) is 0 Å². The lowest BCUT2D eigenvalue weighted by atomic mass is 9.85.